The van der Waals surface area contributed by atoms with Crippen LogP contribution >= 0.6 is 11.8 Å². The van der Waals surface area contributed by atoms with Crippen molar-refractivity contribution in [2.75, 3.05) is 37.0 Å². The van der Waals surface area contributed by atoms with E-state index in [9.17, 15) is 18.0 Å². The maximum absolute atomic E-state index is 13.1. The number of halogens is 3. The summed E-state index contributed by atoms with van der Waals surface area (Å²) in [6, 6.07) is 7.66. The number of hydrogen-bond acceptors (Lipinski definition) is 6. The van der Waals surface area contributed by atoms with Crippen LogP contribution in [0, 0.1) is 6.92 Å². The van der Waals surface area contributed by atoms with Crippen LogP contribution in [0.5, 0.6) is 0 Å². The third kappa shape index (κ3) is 6.10. The number of hydrogen-bond donors (Lipinski definition) is 1. The van der Waals surface area contributed by atoms with Crippen LogP contribution in [0.25, 0.3) is 0 Å². The first-order valence-corrected chi connectivity index (χ1v) is 10.1. The number of rotatable bonds is 7. The summed E-state index contributed by atoms with van der Waals surface area (Å²) < 4.78 is 45.5. The minimum absolute atomic E-state index is 0.0506. The van der Waals surface area contributed by atoms with Gasteiger partial charge in [0, 0.05) is 19.6 Å². The molecule has 1 fully saturated rings. The molecule has 1 amide bonds. The number of carbonyl (C=O) groups excluding carboxylic acids is 1. The van der Waals surface area contributed by atoms with Gasteiger partial charge in [-0.15, -0.1) is 10.2 Å². The Morgan fingerprint density at radius 2 is 1.97 bits per heavy atom. The Balaban J connectivity index is 1.64. The van der Waals surface area contributed by atoms with E-state index < -0.39 is 12.7 Å². The lowest BCUT2D eigenvalue weighted by Crippen LogP contribution is -2.38. The zero-order chi connectivity index (χ0) is 20.9. The van der Waals surface area contributed by atoms with Crippen molar-refractivity contribution in [3.05, 3.63) is 35.4 Å². The number of nitrogens with zero attached hydrogens (tertiary/aromatic N) is 4. The molecular formula is C18H22F3N5O2S. The Morgan fingerprint density at radius 3 is 2.66 bits per heavy atom. The van der Waals surface area contributed by atoms with Gasteiger partial charge in [-0.1, -0.05) is 36.0 Å². The van der Waals surface area contributed by atoms with E-state index in [4.69, 9.17) is 4.74 Å². The predicted molar refractivity (Wildman–Crippen MR) is 103 cm³/mol. The van der Waals surface area contributed by atoms with E-state index in [-0.39, 0.29) is 22.8 Å². The van der Waals surface area contributed by atoms with Crippen LogP contribution in [0.4, 0.5) is 19.1 Å². The summed E-state index contributed by atoms with van der Waals surface area (Å²) >= 11 is 0.939. The van der Waals surface area contributed by atoms with E-state index in [0.29, 0.717) is 32.8 Å². The fraction of sp³-hybridized carbons (Fsp3) is 0.500. The van der Waals surface area contributed by atoms with Crippen molar-refractivity contribution in [2.24, 2.45) is 0 Å². The van der Waals surface area contributed by atoms with E-state index >= 15 is 0 Å². The molecule has 1 aliphatic rings. The molecule has 2 heterocycles. The number of nitrogens with one attached hydrogen (secondary N) is 1. The monoisotopic (exact) mass is 429 g/mol. The van der Waals surface area contributed by atoms with Gasteiger partial charge in [-0.2, -0.15) is 13.2 Å². The lowest BCUT2D eigenvalue weighted by Gasteiger charge is -2.28. The lowest BCUT2D eigenvalue weighted by atomic mass is 10.1. The van der Waals surface area contributed by atoms with Crippen LogP contribution in [-0.2, 0) is 22.6 Å². The third-order valence-electron chi connectivity index (χ3n) is 4.40. The largest absolute Gasteiger partial charge is 0.406 e. The van der Waals surface area contributed by atoms with Gasteiger partial charge in [0.25, 0.3) is 0 Å². The molecule has 1 aromatic carbocycles. The molecule has 3 rings (SSSR count). The molecule has 11 heteroatoms. The van der Waals surface area contributed by atoms with Crippen LogP contribution in [0.2, 0.25) is 0 Å². The number of carbonyl (C=O) groups is 1. The number of alkyl halides is 3. The van der Waals surface area contributed by atoms with Gasteiger partial charge in [0.15, 0.2) is 5.16 Å². The van der Waals surface area contributed by atoms with Crippen LogP contribution in [0.1, 0.15) is 11.1 Å². The fourth-order valence-electron chi connectivity index (χ4n) is 2.89. The Bertz CT molecular complexity index is 837. The van der Waals surface area contributed by atoms with Crippen molar-refractivity contribution < 1.29 is 22.7 Å². The molecule has 1 N–H and O–H groups in total. The second-order valence-corrected chi connectivity index (χ2v) is 7.52. The number of aryl methyl sites for hydroxylation is 1. The quantitative estimate of drug-likeness (QED) is 0.682. The topological polar surface area (TPSA) is 72.3 Å². The molecular weight excluding hydrogens is 407 g/mol. The number of anilines is 1. The smallest absolute Gasteiger partial charge is 0.378 e. The number of ether oxygens (including phenoxy) is 1. The molecule has 158 valence electrons. The van der Waals surface area contributed by atoms with Crippen molar-refractivity contribution in [2.45, 2.75) is 31.3 Å². The van der Waals surface area contributed by atoms with Crippen LogP contribution in [-0.4, -0.2) is 58.9 Å². The third-order valence-corrected chi connectivity index (χ3v) is 5.37. The fourth-order valence-corrected chi connectivity index (χ4v) is 3.65. The van der Waals surface area contributed by atoms with Crippen molar-refractivity contribution in [1.82, 2.24) is 20.1 Å². The van der Waals surface area contributed by atoms with Gasteiger partial charge in [0.2, 0.25) is 11.9 Å². The summed E-state index contributed by atoms with van der Waals surface area (Å²) in [5.74, 6) is -0.188. The molecule has 29 heavy (non-hydrogen) atoms. The van der Waals surface area contributed by atoms with Crippen LogP contribution in [0.15, 0.2) is 29.4 Å². The second-order valence-electron chi connectivity index (χ2n) is 6.58. The molecule has 0 atom stereocenters. The van der Waals surface area contributed by atoms with Crippen molar-refractivity contribution in [1.29, 1.82) is 0 Å². The molecule has 0 radical (unpaired) electrons. The summed E-state index contributed by atoms with van der Waals surface area (Å²) in [6.45, 7) is 2.82. The molecule has 1 saturated heterocycles. The molecule has 7 nitrogen and oxygen atoms in total. The molecule has 0 unspecified atom stereocenters. The number of amides is 1. The zero-order valence-electron chi connectivity index (χ0n) is 15.9. The predicted octanol–water partition coefficient (Wildman–Crippen LogP) is 2.39. The van der Waals surface area contributed by atoms with Crippen molar-refractivity contribution >= 4 is 23.6 Å². The number of benzene rings is 1. The van der Waals surface area contributed by atoms with E-state index in [0.717, 1.165) is 27.5 Å². The van der Waals surface area contributed by atoms with E-state index in [1.165, 1.54) is 0 Å². The number of aromatic nitrogens is 3. The number of thioether (sulfide) groups is 1. The second kappa shape index (κ2) is 9.49. The molecule has 0 aliphatic carbocycles. The van der Waals surface area contributed by atoms with E-state index in [1.807, 2.05) is 31.2 Å². The normalized spacial score (nSPS) is 14.8. The minimum atomic E-state index is -4.42. The molecule has 0 spiro atoms. The first-order chi connectivity index (χ1) is 13.8. The van der Waals surface area contributed by atoms with Gasteiger partial charge in [-0.05, 0) is 18.1 Å². The average molecular weight is 429 g/mol. The standard InChI is InChI=1S/C18H22F3N5O2S/c1-13-4-2-3-5-14(13)10-22-15(27)11-29-17-24-23-16(25-6-8-28-9-7-25)26(17)12-18(19,20)21/h2-5H,6-12H2,1H3,(H,22,27). The summed E-state index contributed by atoms with van der Waals surface area (Å²) in [7, 11) is 0. The first kappa shape index (κ1) is 21.4. The summed E-state index contributed by atoms with van der Waals surface area (Å²) in [4.78, 5) is 13.9. The van der Waals surface area contributed by atoms with E-state index in [1.54, 1.807) is 4.90 Å². The Labute approximate surface area is 170 Å². The van der Waals surface area contributed by atoms with Gasteiger partial charge in [0.1, 0.15) is 6.54 Å². The minimum Gasteiger partial charge on any atom is -0.378 e. The summed E-state index contributed by atoms with van der Waals surface area (Å²) in [5, 5.41) is 10.7. The van der Waals surface area contributed by atoms with Gasteiger partial charge in [-0.25, -0.2) is 0 Å². The molecule has 2 aromatic rings. The highest BCUT2D eigenvalue weighted by Gasteiger charge is 2.33. The Hall–Kier alpha value is -2.27. The average Bonchev–Trinajstić information content (AvgIpc) is 3.07. The Morgan fingerprint density at radius 1 is 1.24 bits per heavy atom. The van der Waals surface area contributed by atoms with Gasteiger partial charge in [-0.3, -0.25) is 9.36 Å². The highest BCUT2D eigenvalue weighted by Crippen LogP contribution is 2.27. The SMILES string of the molecule is Cc1ccccc1CNC(=O)CSc1nnc(N2CCOCC2)n1CC(F)(F)F. The number of morpholine rings is 1. The molecule has 0 saturated carbocycles. The van der Waals surface area contributed by atoms with Crippen LogP contribution in [0.3, 0.4) is 0 Å². The molecule has 0 bridgehead atoms. The maximum atomic E-state index is 13.1. The highest BCUT2D eigenvalue weighted by atomic mass is 32.2. The van der Waals surface area contributed by atoms with Crippen LogP contribution < -0.4 is 10.2 Å². The summed E-state index contributed by atoms with van der Waals surface area (Å²) in [6.07, 6.45) is -4.42. The lowest BCUT2D eigenvalue weighted by molar-refractivity contribution is -0.141. The summed E-state index contributed by atoms with van der Waals surface area (Å²) in [5.41, 5.74) is 2.04. The van der Waals surface area contributed by atoms with E-state index in [2.05, 4.69) is 15.5 Å². The van der Waals surface area contributed by atoms with Gasteiger partial charge in [0.05, 0.1) is 19.0 Å². The zero-order valence-corrected chi connectivity index (χ0v) is 16.7. The molecule has 1 aromatic heterocycles. The molecule has 1 aliphatic heterocycles. The Kier molecular flexibility index (Phi) is 7.01. The highest BCUT2D eigenvalue weighted by molar-refractivity contribution is 7.99. The van der Waals surface area contributed by atoms with Crippen molar-refractivity contribution in [3.8, 4) is 0 Å². The van der Waals surface area contributed by atoms with Gasteiger partial charge >= 0.3 is 6.18 Å². The maximum Gasteiger partial charge on any atom is 0.406 e. The first-order valence-electron chi connectivity index (χ1n) is 9.10. The van der Waals surface area contributed by atoms with Gasteiger partial charge < -0.3 is 15.0 Å². The van der Waals surface area contributed by atoms with Crippen molar-refractivity contribution in [3.63, 3.8) is 0 Å².